The van der Waals surface area contributed by atoms with E-state index in [4.69, 9.17) is 4.74 Å². The molecule has 0 saturated carbocycles. The largest absolute Gasteiger partial charge is 0.468 e. The molecule has 0 atom stereocenters. The minimum absolute atomic E-state index is 0.158. The third-order valence-corrected chi connectivity index (χ3v) is 4.99. The van der Waals surface area contributed by atoms with Crippen molar-refractivity contribution in [1.82, 2.24) is 4.31 Å². The summed E-state index contributed by atoms with van der Waals surface area (Å²) < 4.78 is 35.2. The fourth-order valence-electron chi connectivity index (χ4n) is 1.96. The van der Waals surface area contributed by atoms with Crippen LogP contribution in [0.5, 0.6) is 11.5 Å². The molecule has 0 aromatic heterocycles. The average Bonchev–Trinajstić information content (AvgIpc) is 2.57. The number of carbonyl (C=O) groups is 1. The van der Waals surface area contributed by atoms with Gasteiger partial charge in [0.1, 0.15) is 11.5 Å². The van der Waals surface area contributed by atoms with Crippen LogP contribution in [0.15, 0.2) is 54.6 Å². The summed E-state index contributed by atoms with van der Waals surface area (Å²) in [6, 6.07) is 16.5. The van der Waals surface area contributed by atoms with Crippen LogP contribution < -0.4 is 4.74 Å². The number of hydrogen-bond donors (Lipinski definition) is 0. The SMILES string of the molecule is COC(=O)CS(=O)(=O)N(C)Cc1ccc(Oc2ccccc2)cc1. The van der Waals surface area contributed by atoms with E-state index in [0.29, 0.717) is 5.75 Å². The maximum absolute atomic E-state index is 12.0. The highest BCUT2D eigenvalue weighted by molar-refractivity contribution is 7.89. The average molecular weight is 349 g/mol. The van der Waals surface area contributed by atoms with Gasteiger partial charge in [-0.05, 0) is 29.8 Å². The Hall–Kier alpha value is -2.38. The molecule has 0 fully saturated rings. The maximum Gasteiger partial charge on any atom is 0.322 e. The summed E-state index contributed by atoms with van der Waals surface area (Å²) >= 11 is 0. The molecular weight excluding hydrogens is 330 g/mol. The molecule has 0 bridgehead atoms. The lowest BCUT2D eigenvalue weighted by Crippen LogP contribution is -2.32. The van der Waals surface area contributed by atoms with Gasteiger partial charge in [0.25, 0.3) is 0 Å². The standard InChI is InChI=1S/C17H19NO5S/c1-18(24(20,21)13-17(19)22-2)12-14-8-10-16(11-9-14)23-15-6-4-3-5-7-15/h3-11H,12-13H2,1-2H3. The fraction of sp³-hybridized carbons (Fsp3) is 0.235. The van der Waals surface area contributed by atoms with Crippen LogP contribution in [0.1, 0.15) is 5.56 Å². The Kier molecular flexibility index (Phi) is 5.94. The third-order valence-electron chi connectivity index (χ3n) is 3.31. The van der Waals surface area contributed by atoms with Crippen molar-refractivity contribution in [2.75, 3.05) is 19.9 Å². The molecule has 0 spiro atoms. The van der Waals surface area contributed by atoms with Gasteiger partial charge in [-0.1, -0.05) is 30.3 Å². The summed E-state index contributed by atoms with van der Waals surface area (Å²) in [7, 11) is -1.12. The summed E-state index contributed by atoms with van der Waals surface area (Å²) in [6.07, 6.45) is 0. The number of methoxy groups -OCH3 is 1. The molecule has 24 heavy (non-hydrogen) atoms. The minimum atomic E-state index is -3.70. The van der Waals surface area contributed by atoms with Gasteiger partial charge in [-0.15, -0.1) is 0 Å². The van der Waals surface area contributed by atoms with E-state index >= 15 is 0 Å². The van der Waals surface area contributed by atoms with Gasteiger partial charge in [0.15, 0.2) is 5.75 Å². The second kappa shape index (κ2) is 7.94. The number of hydrogen-bond acceptors (Lipinski definition) is 5. The topological polar surface area (TPSA) is 72.9 Å². The molecule has 0 aliphatic rings. The third kappa shape index (κ3) is 5.07. The second-order valence-electron chi connectivity index (χ2n) is 5.15. The number of nitrogens with zero attached hydrogens (tertiary/aromatic N) is 1. The van der Waals surface area contributed by atoms with Crippen LogP contribution in [-0.2, 0) is 26.1 Å². The van der Waals surface area contributed by atoms with Gasteiger partial charge >= 0.3 is 5.97 Å². The smallest absolute Gasteiger partial charge is 0.322 e. The molecule has 0 heterocycles. The first-order valence-electron chi connectivity index (χ1n) is 7.23. The first kappa shape index (κ1) is 18.0. The zero-order chi connectivity index (χ0) is 17.6. The maximum atomic E-state index is 12.0. The molecular formula is C17H19NO5S. The summed E-state index contributed by atoms with van der Waals surface area (Å²) in [5.41, 5.74) is 0.784. The number of carbonyl (C=O) groups excluding carboxylic acids is 1. The summed E-state index contributed by atoms with van der Waals surface area (Å²) in [4.78, 5) is 11.2. The van der Waals surface area contributed by atoms with Crippen molar-refractivity contribution in [3.8, 4) is 11.5 Å². The number of para-hydroxylation sites is 1. The minimum Gasteiger partial charge on any atom is -0.468 e. The number of esters is 1. The molecule has 0 radical (unpaired) electrons. The molecule has 0 N–H and O–H groups in total. The van der Waals surface area contributed by atoms with Gasteiger partial charge in [-0.25, -0.2) is 12.7 Å². The Morgan fingerprint density at radius 3 is 2.17 bits per heavy atom. The molecule has 6 nitrogen and oxygen atoms in total. The number of benzene rings is 2. The molecule has 2 aromatic carbocycles. The van der Waals surface area contributed by atoms with Crippen LogP contribution in [0.4, 0.5) is 0 Å². The van der Waals surface area contributed by atoms with Gasteiger partial charge < -0.3 is 9.47 Å². The van der Waals surface area contributed by atoms with Gasteiger partial charge in [0, 0.05) is 13.6 Å². The Labute approximate surface area is 141 Å². The monoisotopic (exact) mass is 349 g/mol. The highest BCUT2D eigenvalue weighted by Gasteiger charge is 2.22. The van der Waals surface area contributed by atoms with Gasteiger partial charge in [-0.2, -0.15) is 0 Å². The molecule has 128 valence electrons. The summed E-state index contributed by atoms with van der Waals surface area (Å²) in [5.74, 6) is -0.0728. The zero-order valence-electron chi connectivity index (χ0n) is 13.5. The normalized spacial score (nSPS) is 11.3. The number of ether oxygens (including phenoxy) is 2. The van der Waals surface area contributed by atoms with Crippen LogP contribution in [-0.4, -0.2) is 38.6 Å². The van der Waals surface area contributed by atoms with Crippen molar-refractivity contribution in [3.63, 3.8) is 0 Å². The quantitative estimate of drug-likeness (QED) is 0.718. The second-order valence-corrected chi connectivity index (χ2v) is 7.22. The van der Waals surface area contributed by atoms with Crippen molar-refractivity contribution < 1.29 is 22.7 Å². The van der Waals surface area contributed by atoms with Gasteiger partial charge in [-0.3, -0.25) is 4.79 Å². The van der Waals surface area contributed by atoms with E-state index in [-0.39, 0.29) is 6.54 Å². The highest BCUT2D eigenvalue weighted by atomic mass is 32.2. The summed E-state index contributed by atoms with van der Waals surface area (Å²) in [6.45, 7) is 0.158. The Morgan fingerprint density at radius 1 is 1.00 bits per heavy atom. The van der Waals surface area contributed by atoms with Crippen molar-refractivity contribution in [2.24, 2.45) is 0 Å². The van der Waals surface area contributed by atoms with E-state index in [2.05, 4.69) is 4.74 Å². The van der Waals surface area contributed by atoms with Crippen molar-refractivity contribution in [3.05, 3.63) is 60.2 Å². The van der Waals surface area contributed by atoms with E-state index in [1.165, 1.54) is 7.05 Å². The molecule has 0 amide bonds. The van der Waals surface area contributed by atoms with Crippen LogP contribution in [0.2, 0.25) is 0 Å². The summed E-state index contributed by atoms with van der Waals surface area (Å²) in [5, 5.41) is 0. The Bertz CT molecular complexity index is 772. The lowest BCUT2D eigenvalue weighted by atomic mass is 10.2. The Morgan fingerprint density at radius 2 is 1.58 bits per heavy atom. The van der Waals surface area contributed by atoms with E-state index in [1.54, 1.807) is 24.3 Å². The van der Waals surface area contributed by atoms with E-state index in [0.717, 1.165) is 22.7 Å². The predicted molar refractivity (Wildman–Crippen MR) is 90.2 cm³/mol. The van der Waals surface area contributed by atoms with Crippen molar-refractivity contribution >= 4 is 16.0 Å². The lowest BCUT2D eigenvalue weighted by Gasteiger charge is -2.16. The highest BCUT2D eigenvalue weighted by Crippen LogP contribution is 2.21. The van der Waals surface area contributed by atoms with Crippen LogP contribution >= 0.6 is 0 Å². The molecule has 0 aliphatic carbocycles. The van der Waals surface area contributed by atoms with Crippen molar-refractivity contribution in [2.45, 2.75) is 6.54 Å². The van der Waals surface area contributed by atoms with E-state index < -0.39 is 21.7 Å². The van der Waals surface area contributed by atoms with Gasteiger partial charge in [0.05, 0.1) is 7.11 Å². The molecule has 2 aromatic rings. The van der Waals surface area contributed by atoms with Crippen LogP contribution in [0.3, 0.4) is 0 Å². The first-order chi connectivity index (χ1) is 11.4. The van der Waals surface area contributed by atoms with E-state index in [1.807, 2.05) is 30.3 Å². The van der Waals surface area contributed by atoms with E-state index in [9.17, 15) is 13.2 Å². The molecule has 2 rings (SSSR count). The lowest BCUT2D eigenvalue weighted by molar-refractivity contribution is -0.137. The zero-order valence-corrected chi connectivity index (χ0v) is 14.3. The molecule has 0 aliphatic heterocycles. The molecule has 7 heteroatoms. The van der Waals surface area contributed by atoms with Crippen LogP contribution in [0, 0.1) is 0 Å². The number of sulfonamides is 1. The van der Waals surface area contributed by atoms with Gasteiger partial charge in [0.2, 0.25) is 10.0 Å². The van der Waals surface area contributed by atoms with Crippen LogP contribution in [0.25, 0.3) is 0 Å². The van der Waals surface area contributed by atoms with Crippen molar-refractivity contribution in [1.29, 1.82) is 0 Å². The molecule has 0 saturated heterocycles. The predicted octanol–water partition coefficient (Wildman–Crippen LogP) is 2.41. The fourth-order valence-corrected chi connectivity index (χ4v) is 2.94. The number of rotatable bonds is 7. The Balaban J connectivity index is 1.99. The first-order valence-corrected chi connectivity index (χ1v) is 8.84. The molecule has 0 unspecified atom stereocenters.